The summed E-state index contributed by atoms with van der Waals surface area (Å²) >= 11 is 0. The molecule has 0 saturated carbocycles. The lowest BCUT2D eigenvalue weighted by Crippen LogP contribution is -2.18. The minimum Gasteiger partial charge on any atom is -0.453 e. The maximum atomic E-state index is 11.3. The number of cyclic esters (lactones) is 1. The molecule has 27 heavy (non-hydrogen) atoms. The topological polar surface area (TPSA) is 56.8 Å². The summed E-state index contributed by atoms with van der Waals surface area (Å²) in [7, 11) is 0. The molecule has 3 aromatic rings. The molecule has 0 spiro atoms. The highest BCUT2D eigenvalue weighted by molar-refractivity contribution is 5.85. The molecular weight excluding hydrogens is 366 g/mol. The summed E-state index contributed by atoms with van der Waals surface area (Å²) in [6.07, 6.45) is -0.412. The van der Waals surface area contributed by atoms with Crippen LogP contribution in [-0.2, 0) is 4.74 Å². The Morgan fingerprint density at radius 2 is 1.41 bits per heavy atom. The van der Waals surface area contributed by atoms with Gasteiger partial charge in [0, 0.05) is 0 Å². The maximum absolute atomic E-state index is 11.3. The molecule has 1 saturated heterocycles. The van der Waals surface area contributed by atoms with Crippen molar-refractivity contribution in [1.29, 1.82) is 0 Å². The van der Waals surface area contributed by atoms with E-state index in [1.54, 1.807) is 0 Å². The number of rotatable bonds is 5. The molecule has 138 valence electrons. The number of benzene rings is 3. The van der Waals surface area contributed by atoms with Gasteiger partial charge in [0.2, 0.25) is 0 Å². The van der Waals surface area contributed by atoms with Crippen LogP contribution in [0, 0.1) is 0 Å². The van der Waals surface area contributed by atoms with Crippen molar-refractivity contribution in [2.75, 3.05) is 6.61 Å². The van der Waals surface area contributed by atoms with E-state index in [4.69, 9.17) is 14.2 Å². The number of halogens is 1. The Bertz CT molecular complexity index is 903. The lowest BCUT2D eigenvalue weighted by Gasteiger charge is -2.15. The third-order valence-electron chi connectivity index (χ3n) is 3.99. The van der Waals surface area contributed by atoms with Gasteiger partial charge in [-0.2, -0.15) is 0 Å². The predicted molar refractivity (Wildman–Crippen MR) is 104 cm³/mol. The highest BCUT2D eigenvalue weighted by Crippen LogP contribution is 2.37. The van der Waals surface area contributed by atoms with Gasteiger partial charge in [0.15, 0.2) is 11.5 Å². The van der Waals surface area contributed by atoms with E-state index in [1.165, 1.54) is 0 Å². The minimum absolute atomic E-state index is 0. The van der Waals surface area contributed by atoms with Crippen LogP contribution < -0.4 is 14.8 Å². The average Bonchev–Trinajstić information content (AvgIpc) is 3.11. The normalized spacial score (nSPS) is 15.3. The largest absolute Gasteiger partial charge is 0.453 e. The van der Waals surface area contributed by atoms with Crippen LogP contribution >= 0.6 is 12.4 Å². The second kappa shape index (κ2) is 8.47. The number of alkyl carbamates (subject to hydrolysis) is 1. The Hall–Kier alpha value is -3.18. The number of ether oxygens (including phenoxy) is 3. The zero-order valence-electron chi connectivity index (χ0n) is 14.3. The fourth-order valence-electron chi connectivity index (χ4n) is 2.70. The van der Waals surface area contributed by atoms with E-state index >= 15 is 0 Å². The zero-order chi connectivity index (χ0) is 17.8. The third-order valence-corrected chi connectivity index (χ3v) is 3.99. The highest BCUT2D eigenvalue weighted by Gasteiger charge is 2.25. The second-order valence-electron chi connectivity index (χ2n) is 5.83. The van der Waals surface area contributed by atoms with Gasteiger partial charge < -0.3 is 19.5 Å². The number of hydrogen-bond donors (Lipinski definition) is 1. The Labute approximate surface area is 163 Å². The van der Waals surface area contributed by atoms with Crippen molar-refractivity contribution in [2.24, 2.45) is 0 Å². The van der Waals surface area contributed by atoms with Crippen molar-refractivity contribution in [3.63, 3.8) is 0 Å². The molecule has 1 amide bonds. The molecule has 0 aliphatic carbocycles. The molecule has 0 aromatic heterocycles. The number of carbonyl (C=O) groups excluding carboxylic acids is 1. The highest BCUT2D eigenvalue weighted by atomic mass is 35.5. The van der Waals surface area contributed by atoms with E-state index in [9.17, 15) is 4.79 Å². The van der Waals surface area contributed by atoms with Crippen LogP contribution in [0.4, 0.5) is 4.79 Å². The van der Waals surface area contributed by atoms with E-state index in [0.29, 0.717) is 23.9 Å². The summed E-state index contributed by atoms with van der Waals surface area (Å²) in [5, 5.41) is 2.77. The van der Waals surface area contributed by atoms with Crippen molar-refractivity contribution in [1.82, 2.24) is 5.32 Å². The fraction of sp³-hybridized carbons (Fsp3) is 0.0952. The van der Waals surface area contributed by atoms with Crippen molar-refractivity contribution < 1.29 is 19.0 Å². The number of hydrogen-bond acceptors (Lipinski definition) is 4. The lowest BCUT2D eigenvalue weighted by atomic mass is 10.1. The Balaban J connectivity index is 0.00000210. The second-order valence-corrected chi connectivity index (χ2v) is 5.83. The Morgan fingerprint density at radius 1 is 0.815 bits per heavy atom. The van der Waals surface area contributed by atoms with Crippen LogP contribution in [-0.4, -0.2) is 12.7 Å². The third kappa shape index (κ3) is 4.51. The summed E-state index contributed by atoms with van der Waals surface area (Å²) in [4.78, 5) is 11.3. The Morgan fingerprint density at radius 3 is 1.96 bits per heavy atom. The first-order valence-corrected chi connectivity index (χ1v) is 8.31. The number of nitrogens with one attached hydrogen (secondary N) is 1. The molecular formula is C21H18ClNO4. The molecule has 1 aliphatic rings. The quantitative estimate of drug-likeness (QED) is 0.634. The van der Waals surface area contributed by atoms with Gasteiger partial charge in [-0.25, -0.2) is 4.79 Å². The monoisotopic (exact) mass is 383 g/mol. The summed E-state index contributed by atoms with van der Waals surface area (Å²) in [5.41, 5.74) is 0.891. The van der Waals surface area contributed by atoms with Crippen LogP contribution in [0.5, 0.6) is 23.0 Å². The van der Waals surface area contributed by atoms with Crippen molar-refractivity contribution >= 4 is 18.5 Å². The van der Waals surface area contributed by atoms with E-state index in [0.717, 1.165) is 11.3 Å². The molecule has 1 heterocycles. The molecule has 3 aromatic carbocycles. The molecule has 1 aliphatic heterocycles. The summed E-state index contributed by atoms with van der Waals surface area (Å²) < 4.78 is 17.0. The summed E-state index contributed by atoms with van der Waals surface area (Å²) in [6.45, 7) is 0.294. The van der Waals surface area contributed by atoms with Crippen LogP contribution in [0.15, 0.2) is 78.9 Å². The van der Waals surface area contributed by atoms with Gasteiger partial charge in [-0.3, -0.25) is 0 Å². The van der Waals surface area contributed by atoms with Crippen LogP contribution in [0.3, 0.4) is 0 Å². The molecule has 0 radical (unpaired) electrons. The van der Waals surface area contributed by atoms with E-state index < -0.39 is 6.09 Å². The first kappa shape index (κ1) is 18.6. The van der Waals surface area contributed by atoms with Gasteiger partial charge in [0.25, 0.3) is 0 Å². The minimum atomic E-state index is -0.412. The standard InChI is InChI=1S/C21H17NO4.ClH/c23-21-22-18(14-24-21)15-11-12-19(25-16-7-3-1-4-8-16)20(13-15)26-17-9-5-2-6-10-17;/h1-13,18H,14H2,(H,22,23);1H/t18-;/m1./s1. The number of para-hydroxylation sites is 2. The average molecular weight is 384 g/mol. The first-order chi connectivity index (χ1) is 12.8. The van der Waals surface area contributed by atoms with E-state index in [2.05, 4.69) is 5.32 Å². The van der Waals surface area contributed by atoms with Crippen LogP contribution in [0.25, 0.3) is 0 Å². The van der Waals surface area contributed by atoms with E-state index in [1.807, 2.05) is 78.9 Å². The molecule has 0 unspecified atom stereocenters. The lowest BCUT2D eigenvalue weighted by molar-refractivity contribution is 0.177. The van der Waals surface area contributed by atoms with Gasteiger partial charge in [0.1, 0.15) is 18.1 Å². The van der Waals surface area contributed by atoms with Crippen LogP contribution in [0.2, 0.25) is 0 Å². The molecule has 0 bridgehead atoms. The van der Waals surface area contributed by atoms with Crippen molar-refractivity contribution in [3.8, 4) is 23.0 Å². The molecule has 4 rings (SSSR count). The molecule has 1 atom stereocenters. The molecule has 1 fully saturated rings. The van der Waals surface area contributed by atoms with E-state index in [-0.39, 0.29) is 18.4 Å². The van der Waals surface area contributed by atoms with Crippen molar-refractivity contribution in [3.05, 3.63) is 84.4 Å². The predicted octanol–water partition coefficient (Wildman–Crippen LogP) is 5.47. The van der Waals surface area contributed by atoms with Crippen molar-refractivity contribution in [2.45, 2.75) is 6.04 Å². The van der Waals surface area contributed by atoms with Gasteiger partial charge in [-0.1, -0.05) is 42.5 Å². The Kier molecular flexibility index (Phi) is 5.84. The number of carbonyl (C=O) groups is 1. The first-order valence-electron chi connectivity index (χ1n) is 8.31. The summed E-state index contributed by atoms with van der Waals surface area (Å²) in [5.74, 6) is 2.58. The van der Waals surface area contributed by atoms with Gasteiger partial charge >= 0.3 is 6.09 Å². The maximum Gasteiger partial charge on any atom is 0.407 e. The molecule has 6 heteroatoms. The summed E-state index contributed by atoms with van der Waals surface area (Å²) in [6, 6.07) is 24.4. The number of amides is 1. The van der Waals surface area contributed by atoms with Gasteiger partial charge in [-0.05, 0) is 42.0 Å². The molecule has 1 N–H and O–H groups in total. The fourth-order valence-corrected chi connectivity index (χ4v) is 2.70. The SMILES string of the molecule is Cl.O=C1N[C@@H](c2ccc(Oc3ccccc3)c(Oc3ccccc3)c2)CO1. The van der Waals surface area contributed by atoms with Gasteiger partial charge in [-0.15, -0.1) is 12.4 Å². The van der Waals surface area contributed by atoms with Gasteiger partial charge in [0.05, 0.1) is 6.04 Å². The zero-order valence-corrected chi connectivity index (χ0v) is 15.1. The van der Waals surface area contributed by atoms with Crippen LogP contribution in [0.1, 0.15) is 11.6 Å². The molecule has 5 nitrogen and oxygen atoms in total. The smallest absolute Gasteiger partial charge is 0.407 e.